The first-order valence-corrected chi connectivity index (χ1v) is 9.82. The van der Waals surface area contributed by atoms with E-state index in [9.17, 15) is 8.42 Å². The lowest BCUT2D eigenvalue weighted by molar-refractivity contribution is -0.00556. The fourth-order valence-electron chi connectivity index (χ4n) is 4.72. The molecule has 110 valence electrons. The van der Waals surface area contributed by atoms with E-state index in [2.05, 4.69) is 9.71 Å². The highest BCUT2D eigenvalue weighted by Crippen LogP contribution is 2.53. The van der Waals surface area contributed by atoms with Crippen molar-refractivity contribution in [3.8, 4) is 0 Å². The summed E-state index contributed by atoms with van der Waals surface area (Å²) in [6, 6.07) is 0.119. The summed E-state index contributed by atoms with van der Waals surface area (Å²) in [4.78, 5) is 3.83. The summed E-state index contributed by atoms with van der Waals surface area (Å²) in [7, 11) is -3.46. The average Bonchev–Trinajstić information content (AvgIpc) is 2.80. The first-order valence-electron chi connectivity index (χ1n) is 7.15. The molecule has 1 aromatic heterocycles. The molecule has 4 aliphatic carbocycles. The highest BCUT2D eigenvalue weighted by atomic mass is 35.5. The van der Waals surface area contributed by atoms with Gasteiger partial charge in [-0.25, -0.2) is 18.1 Å². The van der Waals surface area contributed by atoms with Crippen LogP contribution in [0.25, 0.3) is 0 Å². The number of thiazole rings is 1. The summed E-state index contributed by atoms with van der Waals surface area (Å²) in [6.45, 7) is 0. The van der Waals surface area contributed by atoms with Crippen molar-refractivity contribution in [2.45, 2.75) is 42.4 Å². The average molecular weight is 333 g/mol. The maximum Gasteiger partial charge on any atom is 0.251 e. The van der Waals surface area contributed by atoms with E-state index in [1.54, 1.807) is 0 Å². The summed E-state index contributed by atoms with van der Waals surface area (Å²) in [5.74, 6) is 2.75. The molecule has 1 N–H and O–H groups in total. The van der Waals surface area contributed by atoms with Crippen LogP contribution in [0.5, 0.6) is 0 Å². The zero-order valence-electron chi connectivity index (χ0n) is 11.0. The Morgan fingerprint density at radius 2 is 1.75 bits per heavy atom. The summed E-state index contributed by atoms with van der Waals surface area (Å²) in [6.07, 6.45) is 7.52. The van der Waals surface area contributed by atoms with Crippen LogP contribution >= 0.6 is 22.9 Å². The van der Waals surface area contributed by atoms with E-state index in [1.165, 1.54) is 38.3 Å². The van der Waals surface area contributed by atoms with Crippen LogP contribution in [0.15, 0.2) is 10.4 Å². The van der Waals surface area contributed by atoms with Crippen LogP contribution in [0, 0.1) is 23.7 Å². The SMILES string of the molecule is O=S(=O)(NC1C2CC3CC(C2)CC1C3)c1cnc(Cl)s1. The van der Waals surface area contributed by atoms with Gasteiger partial charge in [0.1, 0.15) is 0 Å². The maximum atomic E-state index is 12.4. The zero-order valence-corrected chi connectivity index (χ0v) is 13.3. The second kappa shape index (κ2) is 4.66. The topological polar surface area (TPSA) is 59.1 Å². The molecule has 0 saturated heterocycles. The Balaban J connectivity index is 1.57. The van der Waals surface area contributed by atoms with E-state index in [0.717, 1.165) is 23.2 Å². The molecule has 0 spiro atoms. The number of sulfonamides is 1. The van der Waals surface area contributed by atoms with Crippen molar-refractivity contribution in [3.63, 3.8) is 0 Å². The second-order valence-electron chi connectivity index (χ2n) is 6.51. The fraction of sp³-hybridized carbons (Fsp3) is 0.769. The molecule has 4 bridgehead atoms. The van der Waals surface area contributed by atoms with E-state index in [-0.39, 0.29) is 14.7 Å². The summed E-state index contributed by atoms with van der Waals surface area (Å²) < 4.78 is 28.3. The third-order valence-electron chi connectivity index (χ3n) is 5.24. The molecular weight excluding hydrogens is 316 g/mol. The van der Waals surface area contributed by atoms with Crippen molar-refractivity contribution < 1.29 is 8.42 Å². The van der Waals surface area contributed by atoms with Gasteiger partial charge in [0.25, 0.3) is 10.0 Å². The number of hydrogen-bond donors (Lipinski definition) is 1. The molecule has 4 aliphatic rings. The molecule has 7 heteroatoms. The monoisotopic (exact) mass is 332 g/mol. The van der Waals surface area contributed by atoms with Gasteiger partial charge in [0.2, 0.25) is 0 Å². The second-order valence-corrected chi connectivity index (χ2v) is 10.1. The Morgan fingerprint density at radius 3 is 2.25 bits per heavy atom. The summed E-state index contributed by atoms with van der Waals surface area (Å²) in [5, 5.41) is 0. The Hall–Kier alpha value is -0.170. The molecule has 1 aromatic rings. The van der Waals surface area contributed by atoms with Gasteiger partial charge in [-0.05, 0) is 55.8 Å². The predicted octanol–water partition coefficient (Wildman–Crippen LogP) is 2.90. The standard InChI is InChI=1S/C13H17ClN2O2S2/c14-13-15-6-11(19-13)20(17,18)16-12-9-2-7-1-8(4-9)5-10(12)3-7/h6-10,12,16H,1-5H2. The molecule has 0 atom stereocenters. The van der Waals surface area contributed by atoms with Crippen molar-refractivity contribution in [1.29, 1.82) is 0 Å². The van der Waals surface area contributed by atoms with Gasteiger partial charge >= 0.3 is 0 Å². The van der Waals surface area contributed by atoms with E-state index in [4.69, 9.17) is 11.6 Å². The molecule has 0 aliphatic heterocycles. The molecule has 0 aromatic carbocycles. The highest BCUT2D eigenvalue weighted by Gasteiger charge is 2.49. The number of nitrogens with zero attached hydrogens (tertiary/aromatic N) is 1. The lowest BCUT2D eigenvalue weighted by atomic mass is 9.54. The normalized spacial score (nSPS) is 39.4. The van der Waals surface area contributed by atoms with Gasteiger partial charge in [-0.1, -0.05) is 22.9 Å². The lowest BCUT2D eigenvalue weighted by Crippen LogP contribution is -2.55. The molecule has 1 heterocycles. The van der Waals surface area contributed by atoms with Crippen LogP contribution < -0.4 is 4.72 Å². The van der Waals surface area contributed by atoms with Crippen molar-refractivity contribution in [2.75, 3.05) is 0 Å². The third kappa shape index (κ3) is 2.21. The Kier molecular flexibility index (Phi) is 3.15. The van der Waals surface area contributed by atoms with Gasteiger partial charge in [-0.15, -0.1) is 0 Å². The zero-order chi connectivity index (χ0) is 13.9. The van der Waals surface area contributed by atoms with Gasteiger partial charge in [-0.3, -0.25) is 0 Å². The summed E-state index contributed by atoms with van der Waals surface area (Å²) in [5.41, 5.74) is 0. The van der Waals surface area contributed by atoms with Gasteiger partial charge < -0.3 is 0 Å². The first-order chi connectivity index (χ1) is 9.51. The van der Waals surface area contributed by atoms with Crippen molar-refractivity contribution >= 4 is 33.0 Å². The number of aromatic nitrogens is 1. The Bertz CT molecular complexity index is 600. The molecule has 20 heavy (non-hydrogen) atoms. The number of rotatable bonds is 3. The summed E-state index contributed by atoms with van der Waals surface area (Å²) >= 11 is 6.77. The van der Waals surface area contributed by atoms with Crippen molar-refractivity contribution in [2.24, 2.45) is 23.7 Å². The van der Waals surface area contributed by atoms with Crippen molar-refractivity contribution in [1.82, 2.24) is 9.71 Å². The molecule has 0 amide bonds. The van der Waals surface area contributed by atoms with Crippen LogP contribution in [0.3, 0.4) is 0 Å². The molecule has 4 fully saturated rings. The van der Waals surface area contributed by atoms with Gasteiger partial charge in [0, 0.05) is 6.04 Å². The minimum Gasteiger partial charge on any atom is -0.232 e. The molecular formula is C13H17ClN2O2S2. The smallest absolute Gasteiger partial charge is 0.232 e. The van der Waals surface area contributed by atoms with E-state index in [0.29, 0.717) is 11.8 Å². The van der Waals surface area contributed by atoms with Crippen LogP contribution in [0.1, 0.15) is 32.1 Å². The van der Waals surface area contributed by atoms with E-state index < -0.39 is 10.0 Å². The highest BCUT2D eigenvalue weighted by molar-refractivity contribution is 7.91. The number of halogens is 1. The molecule has 4 saturated carbocycles. The quantitative estimate of drug-likeness (QED) is 0.925. The van der Waals surface area contributed by atoms with Gasteiger partial charge in [0.15, 0.2) is 8.68 Å². The Labute approximate surface area is 128 Å². The molecule has 5 rings (SSSR count). The molecule has 0 radical (unpaired) electrons. The van der Waals surface area contributed by atoms with E-state index >= 15 is 0 Å². The van der Waals surface area contributed by atoms with Gasteiger partial charge in [0.05, 0.1) is 6.20 Å². The lowest BCUT2D eigenvalue weighted by Gasteiger charge is -2.54. The maximum absolute atomic E-state index is 12.4. The Morgan fingerprint density at radius 1 is 1.15 bits per heavy atom. The number of nitrogens with one attached hydrogen (secondary N) is 1. The number of hydrogen-bond acceptors (Lipinski definition) is 4. The van der Waals surface area contributed by atoms with Crippen LogP contribution in [0.4, 0.5) is 0 Å². The van der Waals surface area contributed by atoms with Crippen LogP contribution in [-0.2, 0) is 10.0 Å². The van der Waals surface area contributed by atoms with Gasteiger partial charge in [-0.2, -0.15) is 0 Å². The van der Waals surface area contributed by atoms with Crippen molar-refractivity contribution in [3.05, 3.63) is 10.7 Å². The third-order valence-corrected chi connectivity index (χ3v) is 8.27. The fourth-order valence-corrected chi connectivity index (χ4v) is 7.40. The predicted molar refractivity (Wildman–Crippen MR) is 78.3 cm³/mol. The largest absolute Gasteiger partial charge is 0.251 e. The minimum atomic E-state index is -3.46. The first kappa shape index (κ1) is 13.5. The molecule has 0 unspecified atom stereocenters. The molecule has 4 nitrogen and oxygen atoms in total. The van der Waals surface area contributed by atoms with E-state index in [1.807, 2.05) is 0 Å². The van der Waals surface area contributed by atoms with Crippen LogP contribution in [0.2, 0.25) is 4.47 Å². The minimum absolute atomic E-state index is 0.119. The van der Waals surface area contributed by atoms with Crippen LogP contribution in [-0.4, -0.2) is 19.4 Å².